The number of hydrogen-bond acceptors (Lipinski definition) is 5. The molecule has 2 aromatic rings. The Balaban J connectivity index is 1.91. The van der Waals surface area contributed by atoms with E-state index in [2.05, 4.69) is 10.2 Å². The molecule has 1 unspecified atom stereocenters. The van der Waals surface area contributed by atoms with E-state index in [1.54, 1.807) is 24.1 Å². The molecule has 7 heteroatoms. The molecule has 6 nitrogen and oxygen atoms in total. The van der Waals surface area contributed by atoms with E-state index in [4.69, 9.17) is 9.97 Å². The van der Waals surface area contributed by atoms with E-state index in [0.717, 1.165) is 31.7 Å². The van der Waals surface area contributed by atoms with Crippen LogP contribution in [0.1, 0.15) is 60.0 Å². The molecular weight excluding hydrogens is 381 g/mol. The molecule has 1 aromatic carbocycles. The molecule has 1 amide bonds. The molecule has 1 fully saturated rings. The van der Waals surface area contributed by atoms with Crippen LogP contribution in [0.25, 0.3) is 0 Å². The minimum absolute atomic E-state index is 0.133. The molecule has 0 saturated carbocycles. The fraction of sp³-hybridized carbons (Fsp3) is 0.522. The first kappa shape index (κ1) is 22.2. The second kappa shape index (κ2) is 9.98. The van der Waals surface area contributed by atoms with Crippen molar-refractivity contribution in [1.82, 2.24) is 19.8 Å². The lowest BCUT2D eigenvalue weighted by Gasteiger charge is -2.21. The average Bonchev–Trinajstić information content (AvgIpc) is 3.26. The average molecular weight is 414 g/mol. The molecule has 0 aliphatic carbocycles. The largest absolute Gasteiger partial charge is 0.367 e. The van der Waals surface area contributed by atoms with Gasteiger partial charge in [-0.1, -0.05) is 19.1 Å². The lowest BCUT2D eigenvalue weighted by atomic mass is 9.97. The number of nitrogens with one attached hydrogen (secondary N) is 1. The Bertz CT molecular complexity index is 865. The molecule has 3 rings (SSSR count). The summed E-state index contributed by atoms with van der Waals surface area (Å²) in [7, 11) is 1.76. The molecule has 1 aliphatic heterocycles. The molecule has 1 N–H and O–H groups in total. The first-order valence-corrected chi connectivity index (χ1v) is 10.8. The zero-order valence-electron chi connectivity index (χ0n) is 18.4. The van der Waals surface area contributed by atoms with Crippen LogP contribution in [-0.4, -0.2) is 65.4 Å². The molecule has 162 valence electrons. The van der Waals surface area contributed by atoms with E-state index in [1.807, 2.05) is 20.8 Å². The van der Waals surface area contributed by atoms with Gasteiger partial charge < -0.3 is 15.1 Å². The highest BCUT2D eigenvalue weighted by molar-refractivity contribution is 5.93. The van der Waals surface area contributed by atoms with Crippen LogP contribution in [0, 0.1) is 12.7 Å². The summed E-state index contributed by atoms with van der Waals surface area (Å²) < 4.78 is 13.4. The maximum Gasteiger partial charge on any atom is 0.274 e. The van der Waals surface area contributed by atoms with Gasteiger partial charge in [0.25, 0.3) is 5.91 Å². The standard InChI is InChI=1S/C23H32FN5O/c1-5-28(4)23(30)21-17(3)26-22(25-12-15-29-13-6-7-14-29)20(27-21)16(2)18-8-10-19(24)11-9-18/h8-11,16H,5-7,12-15H2,1-4H3,(H,25,26). The number of aromatic nitrogens is 2. The van der Waals surface area contributed by atoms with E-state index in [9.17, 15) is 9.18 Å². The summed E-state index contributed by atoms with van der Waals surface area (Å²) in [6.45, 7) is 10.3. The normalized spacial score (nSPS) is 15.2. The van der Waals surface area contributed by atoms with Gasteiger partial charge in [0.2, 0.25) is 0 Å². The summed E-state index contributed by atoms with van der Waals surface area (Å²) in [6.07, 6.45) is 2.51. The fourth-order valence-electron chi connectivity index (χ4n) is 3.74. The smallest absolute Gasteiger partial charge is 0.274 e. The van der Waals surface area contributed by atoms with Crippen LogP contribution >= 0.6 is 0 Å². The fourth-order valence-corrected chi connectivity index (χ4v) is 3.74. The quantitative estimate of drug-likeness (QED) is 0.715. The Hall–Kier alpha value is -2.54. The second-order valence-corrected chi connectivity index (χ2v) is 7.96. The topological polar surface area (TPSA) is 61.4 Å². The third-order valence-corrected chi connectivity index (χ3v) is 5.82. The van der Waals surface area contributed by atoms with E-state index in [-0.39, 0.29) is 17.6 Å². The monoisotopic (exact) mass is 413 g/mol. The van der Waals surface area contributed by atoms with Gasteiger partial charge in [-0.15, -0.1) is 0 Å². The third kappa shape index (κ3) is 5.14. The molecule has 0 spiro atoms. The van der Waals surface area contributed by atoms with Crippen LogP contribution in [0.5, 0.6) is 0 Å². The highest BCUT2D eigenvalue weighted by atomic mass is 19.1. The number of aryl methyl sites for hydroxylation is 1. The molecule has 1 saturated heterocycles. The number of nitrogens with zero attached hydrogens (tertiary/aromatic N) is 4. The molecule has 0 radical (unpaired) electrons. The van der Waals surface area contributed by atoms with Crippen molar-refractivity contribution in [3.63, 3.8) is 0 Å². The third-order valence-electron chi connectivity index (χ3n) is 5.82. The number of hydrogen-bond donors (Lipinski definition) is 1. The Morgan fingerprint density at radius 3 is 2.53 bits per heavy atom. The molecule has 1 aromatic heterocycles. The van der Waals surface area contributed by atoms with E-state index >= 15 is 0 Å². The molecule has 1 aliphatic rings. The van der Waals surface area contributed by atoms with Crippen LogP contribution in [0.2, 0.25) is 0 Å². The SMILES string of the molecule is CCN(C)C(=O)c1nc(C(C)c2ccc(F)cc2)c(NCCN2CCCC2)nc1C. The highest BCUT2D eigenvalue weighted by Gasteiger charge is 2.23. The highest BCUT2D eigenvalue weighted by Crippen LogP contribution is 2.29. The first-order chi connectivity index (χ1) is 14.4. The van der Waals surface area contributed by atoms with Crippen molar-refractivity contribution in [2.24, 2.45) is 0 Å². The second-order valence-electron chi connectivity index (χ2n) is 7.96. The van der Waals surface area contributed by atoms with Crippen LogP contribution in [0.4, 0.5) is 10.2 Å². The predicted molar refractivity (Wildman–Crippen MR) is 117 cm³/mol. The lowest BCUT2D eigenvalue weighted by Crippen LogP contribution is -2.30. The van der Waals surface area contributed by atoms with Gasteiger partial charge >= 0.3 is 0 Å². The van der Waals surface area contributed by atoms with Gasteiger partial charge in [-0.25, -0.2) is 14.4 Å². The van der Waals surface area contributed by atoms with E-state index in [1.165, 1.54) is 25.0 Å². The number of carbonyl (C=O) groups is 1. The van der Waals surface area contributed by atoms with Crippen LogP contribution in [-0.2, 0) is 0 Å². The van der Waals surface area contributed by atoms with Gasteiger partial charge in [-0.05, 0) is 57.5 Å². The van der Waals surface area contributed by atoms with Crippen LogP contribution in [0.3, 0.4) is 0 Å². The summed E-state index contributed by atoms with van der Waals surface area (Å²) in [5.41, 5.74) is 2.62. The molecule has 1 atom stereocenters. The molecular formula is C23H32FN5O. The van der Waals surface area contributed by atoms with Crippen molar-refractivity contribution < 1.29 is 9.18 Å². The van der Waals surface area contributed by atoms with E-state index in [0.29, 0.717) is 29.4 Å². The maximum atomic E-state index is 13.4. The van der Waals surface area contributed by atoms with Crippen molar-refractivity contribution >= 4 is 11.7 Å². The maximum absolute atomic E-state index is 13.4. The summed E-state index contributed by atoms with van der Waals surface area (Å²) in [4.78, 5) is 26.4. The lowest BCUT2D eigenvalue weighted by molar-refractivity contribution is 0.0795. The van der Waals surface area contributed by atoms with Crippen molar-refractivity contribution in [2.45, 2.75) is 39.5 Å². The van der Waals surface area contributed by atoms with Gasteiger partial charge in [-0.3, -0.25) is 4.79 Å². The predicted octanol–water partition coefficient (Wildman–Crippen LogP) is 3.68. The van der Waals surface area contributed by atoms with E-state index < -0.39 is 0 Å². The van der Waals surface area contributed by atoms with Gasteiger partial charge in [0.1, 0.15) is 17.3 Å². The Morgan fingerprint density at radius 1 is 1.23 bits per heavy atom. The van der Waals surface area contributed by atoms with Crippen LogP contribution < -0.4 is 5.32 Å². The van der Waals surface area contributed by atoms with Gasteiger partial charge in [0.15, 0.2) is 0 Å². The van der Waals surface area contributed by atoms with Crippen molar-refractivity contribution in [1.29, 1.82) is 0 Å². The summed E-state index contributed by atoms with van der Waals surface area (Å²) in [6, 6.07) is 6.42. The molecule has 0 bridgehead atoms. The van der Waals surface area contributed by atoms with Gasteiger partial charge in [0.05, 0.1) is 11.4 Å². The Labute approximate surface area is 178 Å². The Kier molecular flexibility index (Phi) is 7.37. The van der Waals surface area contributed by atoms with Crippen molar-refractivity contribution in [3.05, 3.63) is 52.7 Å². The number of amides is 1. The summed E-state index contributed by atoms with van der Waals surface area (Å²) in [5.74, 6) is 0.148. The number of anilines is 1. The number of rotatable bonds is 8. The van der Waals surface area contributed by atoms with Gasteiger partial charge in [-0.2, -0.15) is 0 Å². The number of likely N-dealkylation sites (tertiary alicyclic amines) is 1. The first-order valence-electron chi connectivity index (χ1n) is 10.8. The Morgan fingerprint density at radius 2 is 1.90 bits per heavy atom. The minimum atomic E-state index is -0.273. The van der Waals surface area contributed by atoms with Gasteiger partial charge in [0, 0.05) is 32.6 Å². The number of carbonyl (C=O) groups excluding carboxylic acids is 1. The number of benzene rings is 1. The summed E-state index contributed by atoms with van der Waals surface area (Å²) in [5, 5.41) is 3.44. The number of halogens is 1. The summed E-state index contributed by atoms with van der Waals surface area (Å²) >= 11 is 0. The zero-order valence-corrected chi connectivity index (χ0v) is 18.4. The zero-order chi connectivity index (χ0) is 21.7. The molecule has 30 heavy (non-hydrogen) atoms. The van der Waals surface area contributed by atoms with Crippen LogP contribution in [0.15, 0.2) is 24.3 Å². The van der Waals surface area contributed by atoms with Crippen molar-refractivity contribution in [3.8, 4) is 0 Å². The van der Waals surface area contributed by atoms with Crippen molar-refractivity contribution in [2.75, 3.05) is 45.1 Å². The minimum Gasteiger partial charge on any atom is -0.367 e. The molecule has 2 heterocycles.